The Morgan fingerprint density at radius 3 is 2.59 bits per heavy atom. The molecule has 0 saturated heterocycles. The number of carbonyl (C=O) groups excluding carboxylic acids is 1. The van der Waals surface area contributed by atoms with Crippen LogP contribution < -0.4 is 22.1 Å². The van der Waals surface area contributed by atoms with E-state index in [-0.39, 0.29) is 23.7 Å². The average Bonchev–Trinajstić information content (AvgIpc) is 2.48. The van der Waals surface area contributed by atoms with Gasteiger partial charge in [-0.3, -0.25) is 15.0 Å². The minimum absolute atomic E-state index is 0.0122. The number of carboxylic acid groups (broad SMARTS) is 1. The standard InChI is InChI=1S/C14H27N5O3/c15-11(6-3-7-18-14(16)17)12(20)19-8-9-4-1-2-5-10(9)13(21)22/h9-11H,1-8,15H2,(H,19,20)(H,21,22)(H4,16,17,18). The normalized spacial score (nSPS) is 22.6. The minimum Gasteiger partial charge on any atom is -0.481 e. The van der Waals surface area contributed by atoms with Crippen LogP contribution in [0.3, 0.4) is 0 Å². The fourth-order valence-electron chi connectivity index (χ4n) is 2.82. The fraction of sp³-hybridized carbons (Fsp3) is 0.786. The van der Waals surface area contributed by atoms with E-state index < -0.39 is 12.0 Å². The van der Waals surface area contributed by atoms with Crippen LogP contribution in [0.4, 0.5) is 0 Å². The zero-order valence-electron chi connectivity index (χ0n) is 12.8. The molecule has 0 spiro atoms. The van der Waals surface area contributed by atoms with E-state index in [9.17, 15) is 14.7 Å². The van der Waals surface area contributed by atoms with E-state index >= 15 is 0 Å². The molecule has 0 aromatic carbocycles. The number of hydrogen-bond acceptors (Lipinski definition) is 4. The van der Waals surface area contributed by atoms with Crippen molar-refractivity contribution in [1.29, 1.82) is 5.41 Å². The maximum Gasteiger partial charge on any atom is 0.306 e. The number of nitrogens with one attached hydrogen (secondary N) is 3. The molecule has 8 heteroatoms. The number of amides is 1. The summed E-state index contributed by atoms with van der Waals surface area (Å²) in [5, 5.41) is 21.6. The lowest BCUT2D eigenvalue weighted by Crippen LogP contribution is -2.45. The number of nitrogens with two attached hydrogens (primary N) is 2. The molecule has 1 amide bonds. The second kappa shape index (κ2) is 9.24. The molecule has 3 atom stereocenters. The fourth-order valence-corrected chi connectivity index (χ4v) is 2.82. The molecule has 0 aromatic heterocycles. The molecule has 1 aliphatic carbocycles. The third-order valence-corrected chi connectivity index (χ3v) is 4.11. The molecule has 1 rings (SSSR count). The summed E-state index contributed by atoms with van der Waals surface area (Å²) in [6.45, 7) is 0.870. The number of aliphatic carboxylic acids is 1. The van der Waals surface area contributed by atoms with Crippen LogP contribution in [-0.2, 0) is 9.59 Å². The summed E-state index contributed by atoms with van der Waals surface area (Å²) in [6.07, 6.45) is 4.57. The van der Waals surface area contributed by atoms with Gasteiger partial charge in [0.1, 0.15) is 0 Å². The second-order valence-electron chi connectivity index (χ2n) is 5.82. The van der Waals surface area contributed by atoms with Gasteiger partial charge in [-0.25, -0.2) is 0 Å². The van der Waals surface area contributed by atoms with Crippen molar-refractivity contribution in [2.75, 3.05) is 13.1 Å². The second-order valence-corrected chi connectivity index (χ2v) is 5.82. The van der Waals surface area contributed by atoms with Crippen molar-refractivity contribution in [2.24, 2.45) is 23.3 Å². The van der Waals surface area contributed by atoms with Gasteiger partial charge in [0.15, 0.2) is 5.96 Å². The highest BCUT2D eigenvalue weighted by atomic mass is 16.4. The van der Waals surface area contributed by atoms with Crippen LogP contribution in [-0.4, -0.2) is 42.1 Å². The van der Waals surface area contributed by atoms with Crippen LogP contribution in [0.1, 0.15) is 38.5 Å². The van der Waals surface area contributed by atoms with Crippen LogP contribution >= 0.6 is 0 Å². The van der Waals surface area contributed by atoms with Gasteiger partial charge in [0.05, 0.1) is 12.0 Å². The van der Waals surface area contributed by atoms with Gasteiger partial charge in [-0.2, -0.15) is 0 Å². The number of guanidine groups is 1. The lowest BCUT2D eigenvalue weighted by Gasteiger charge is -2.29. The van der Waals surface area contributed by atoms with E-state index in [1.54, 1.807) is 0 Å². The largest absolute Gasteiger partial charge is 0.481 e. The van der Waals surface area contributed by atoms with Gasteiger partial charge in [0.25, 0.3) is 0 Å². The molecule has 0 bridgehead atoms. The Labute approximate surface area is 130 Å². The first-order chi connectivity index (χ1) is 10.4. The molecule has 22 heavy (non-hydrogen) atoms. The number of carboxylic acids is 1. The lowest BCUT2D eigenvalue weighted by molar-refractivity contribution is -0.145. The summed E-state index contributed by atoms with van der Waals surface area (Å²) in [5.41, 5.74) is 11.0. The van der Waals surface area contributed by atoms with Crippen LogP contribution in [0.25, 0.3) is 0 Å². The Bertz CT molecular complexity index is 402. The molecule has 1 fully saturated rings. The SMILES string of the molecule is N=C(N)NCCCC(N)C(=O)NCC1CCCCC1C(=O)O. The van der Waals surface area contributed by atoms with E-state index in [1.807, 2.05) is 0 Å². The van der Waals surface area contributed by atoms with Gasteiger partial charge in [0.2, 0.25) is 5.91 Å². The van der Waals surface area contributed by atoms with Gasteiger partial charge in [-0.05, 0) is 31.6 Å². The quantitative estimate of drug-likeness (QED) is 0.203. The maximum absolute atomic E-state index is 11.9. The molecule has 0 aromatic rings. The average molecular weight is 313 g/mol. The Morgan fingerprint density at radius 1 is 1.27 bits per heavy atom. The number of hydrogen-bond donors (Lipinski definition) is 6. The molecule has 1 aliphatic rings. The van der Waals surface area contributed by atoms with Crippen LogP contribution in [0.15, 0.2) is 0 Å². The molecule has 0 radical (unpaired) electrons. The summed E-state index contributed by atoms with van der Waals surface area (Å²) >= 11 is 0. The van der Waals surface area contributed by atoms with Gasteiger partial charge >= 0.3 is 5.97 Å². The van der Waals surface area contributed by atoms with E-state index in [2.05, 4.69) is 10.6 Å². The molecule has 8 nitrogen and oxygen atoms in total. The van der Waals surface area contributed by atoms with Crippen molar-refractivity contribution >= 4 is 17.8 Å². The van der Waals surface area contributed by atoms with Crippen molar-refractivity contribution in [2.45, 2.75) is 44.6 Å². The molecule has 0 aliphatic heterocycles. The van der Waals surface area contributed by atoms with Gasteiger partial charge < -0.3 is 27.2 Å². The summed E-state index contributed by atoms with van der Waals surface area (Å²) in [5.74, 6) is -1.52. The maximum atomic E-state index is 11.9. The highest BCUT2D eigenvalue weighted by Gasteiger charge is 2.31. The molecule has 3 unspecified atom stereocenters. The Balaban J connectivity index is 2.28. The zero-order valence-corrected chi connectivity index (χ0v) is 12.8. The summed E-state index contributed by atoms with van der Waals surface area (Å²) in [4.78, 5) is 23.1. The topological polar surface area (TPSA) is 154 Å². The van der Waals surface area contributed by atoms with E-state index in [1.165, 1.54) is 0 Å². The van der Waals surface area contributed by atoms with E-state index in [0.29, 0.717) is 32.4 Å². The van der Waals surface area contributed by atoms with Crippen molar-refractivity contribution in [3.8, 4) is 0 Å². The summed E-state index contributed by atoms with van der Waals surface area (Å²) < 4.78 is 0. The van der Waals surface area contributed by atoms with Crippen LogP contribution in [0, 0.1) is 17.2 Å². The molecule has 0 heterocycles. The van der Waals surface area contributed by atoms with Crippen molar-refractivity contribution in [3.63, 3.8) is 0 Å². The minimum atomic E-state index is -0.779. The Kier molecular flexibility index (Phi) is 7.65. The molecular weight excluding hydrogens is 286 g/mol. The number of carbonyl (C=O) groups is 2. The van der Waals surface area contributed by atoms with Crippen molar-refractivity contribution in [1.82, 2.24) is 10.6 Å². The molecular formula is C14H27N5O3. The first-order valence-corrected chi connectivity index (χ1v) is 7.75. The van der Waals surface area contributed by atoms with Gasteiger partial charge in [-0.1, -0.05) is 12.8 Å². The Morgan fingerprint density at radius 2 is 1.95 bits per heavy atom. The van der Waals surface area contributed by atoms with Crippen LogP contribution in [0.2, 0.25) is 0 Å². The monoisotopic (exact) mass is 313 g/mol. The third-order valence-electron chi connectivity index (χ3n) is 4.11. The van der Waals surface area contributed by atoms with E-state index in [0.717, 1.165) is 19.3 Å². The first kappa shape index (κ1) is 18.2. The number of rotatable bonds is 8. The molecule has 1 saturated carbocycles. The summed E-state index contributed by atoms with van der Waals surface area (Å²) in [6, 6.07) is -0.624. The Hall–Kier alpha value is -1.83. The van der Waals surface area contributed by atoms with E-state index in [4.69, 9.17) is 16.9 Å². The predicted molar refractivity (Wildman–Crippen MR) is 83.2 cm³/mol. The zero-order chi connectivity index (χ0) is 16.5. The van der Waals surface area contributed by atoms with Crippen LogP contribution in [0.5, 0.6) is 0 Å². The molecule has 8 N–H and O–H groups in total. The lowest BCUT2D eigenvalue weighted by atomic mass is 9.79. The smallest absolute Gasteiger partial charge is 0.306 e. The van der Waals surface area contributed by atoms with Crippen molar-refractivity contribution < 1.29 is 14.7 Å². The highest BCUT2D eigenvalue weighted by Crippen LogP contribution is 2.29. The first-order valence-electron chi connectivity index (χ1n) is 7.75. The van der Waals surface area contributed by atoms with Gasteiger partial charge in [0, 0.05) is 13.1 Å². The third kappa shape index (κ3) is 6.30. The van der Waals surface area contributed by atoms with Gasteiger partial charge in [-0.15, -0.1) is 0 Å². The van der Waals surface area contributed by atoms with Crippen molar-refractivity contribution in [3.05, 3.63) is 0 Å². The predicted octanol–water partition coefficient (Wildman–Crippen LogP) is -0.416. The highest BCUT2D eigenvalue weighted by molar-refractivity contribution is 5.81. The summed E-state index contributed by atoms with van der Waals surface area (Å²) in [7, 11) is 0. The molecule has 126 valence electrons.